The van der Waals surface area contributed by atoms with Gasteiger partial charge >= 0.3 is 32.4 Å². The summed E-state index contributed by atoms with van der Waals surface area (Å²) in [5.41, 5.74) is 0. The van der Waals surface area contributed by atoms with Crippen molar-refractivity contribution in [2.45, 2.75) is 112 Å². The van der Waals surface area contributed by atoms with Gasteiger partial charge in [0.1, 0.15) is 0 Å². The molecular weight excluding hydrogens is 521 g/mol. The summed E-state index contributed by atoms with van der Waals surface area (Å²) in [5, 5.41) is 17.2. The van der Waals surface area contributed by atoms with Gasteiger partial charge in [0.2, 0.25) is 0 Å². The van der Waals surface area contributed by atoms with E-state index >= 15 is 0 Å². The Morgan fingerprint density at radius 1 is 0.583 bits per heavy atom. The molecule has 0 saturated heterocycles. The SMILES string of the molecule is C.C.C.C[Si](C)(CCCOC(=O)CCC(=O)O)O[Si](C)(C)O[Si](C)(C)CCCOC(=O)CCC(=O)O. The molecule has 0 aromatic carbocycles. The maximum absolute atomic E-state index is 11.5. The van der Waals surface area contributed by atoms with E-state index < -0.39 is 49.1 Å². The molecule has 0 saturated carbocycles. The maximum atomic E-state index is 11.5. The molecule has 0 aliphatic carbocycles. The van der Waals surface area contributed by atoms with Crippen molar-refractivity contribution in [1.29, 1.82) is 0 Å². The molecule has 0 spiro atoms. The lowest BCUT2D eigenvalue weighted by atomic mass is 10.3. The average molecular weight is 573 g/mol. The molecule has 0 fully saturated rings. The minimum absolute atomic E-state index is 0. The number of carboxylic acids is 2. The van der Waals surface area contributed by atoms with E-state index in [-0.39, 0.29) is 61.2 Å². The van der Waals surface area contributed by atoms with E-state index in [1.807, 2.05) is 13.1 Å². The first-order valence-electron chi connectivity index (χ1n) is 11.2. The highest BCUT2D eigenvalue weighted by atomic mass is 28.5. The topological polar surface area (TPSA) is 146 Å². The highest BCUT2D eigenvalue weighted by Crippen LogP contribution is 2.26. The largest absolute Gasteiger partial charge is 0.481 e. The Bertz CT molecular complexity index is 613. The number of hydrogen-bond donors (Lipinski definition) is 2. The molecule has 0 atom stereocenters. The summed E-state index contributed by atoms with van der Waals surface area (Å²) >= 11 is 0. The molecule has 13 heteroatoms. The molecule has 0 heterocycles. The number of carbonyl (C=O) groups is 4. The summed E-state index contributed by atoms with van der Waals surface area (Å²) in [6.45, 7) is 12.9. The Balaban J connectivity index is -0.00000171. The fourth-order valence-electron chi connectivity index (χ4n) is 3.38. The highest BCUT2D eigenvalue weighted by Gasteiger charge is 2.39. The van der Waals surface area contributed by atoms with Gasteiger partial charge < -0.3 is 27.9 Å². The molecule has 0 aromatic heterocycles. The second-order valence-electron chi connectivity index (χ2n) is 9.56. The van der Waals surface area contributed by atoms with Crippen molar-refractivity contribution < 1.29 is 47.1 Å². The van der Waals surface area contributed by atoms with Crippen LogP contribution in [0, 0.1) is 0 Å². The van der Waals surface area contributed by atoms with E-state index in [4.69, 9.17) is 27.9 Å². The van der Waals surface area contributed by atoms with Gasteiger partial charge in [0.15, 0.2) is 16.6 Å². The fraction of sp³-hybridized carbons (Fsp3) is 0.826. The number of ether oxygens (including phenoxy) is 2. The first-order valence-corrected chi connectivity index (χ1v) is 20.2. The highest BCUT2D eigenvalue weighted by molar-refractivity contribution is 6.87. The van der Waals surface area contributed by atoms with Crippen molar-refractivity contribution >= 4 is 49.1 Å². The van der Waals surface area contributed by atoms with E-state index in [9.17, 15) is 19.2 Å². The van der Waals surface area contributed by atoms with Crippen LogP contribution in [0.25, 0.3) is 0 Å². The molecule has 216 valence electrons. The molecular formula is C23H52O10Si3. The Morgan fingerprint density at radius 2 is 0.889 bits per heavy atom. The van der Waals surface area contributed by atoms with Crippen LogP contribution in [0.2, 0.25) is 51.4 Å². The molecule has 0 bridgehead atoms. The van der Waals surface area contributed by atoms with Gasteiger partial charge in [-0.3, -0.25) is 19.2 Å². The summed E-state index contributed by atoms with van der Waals surface area (Å²) in [6, 6.07) is 1.57. The molecule has 0 radical (unpaired) electrons. The second kappa shape index (κ2) is 19.5. The minimum atomic E-state index is -2.41. The zero-order valence-corrected chi connectivity index (χ0v) is 23.7. The number of carboxylic acid groups (broad SMARTS) is 2. The lowest BCUT2D eigenvalue weighted by molar-refractivity contribution is -0.147. The second-order valence-corrected chi connectivity index (χ2v) is 22.0. The third-order valence-electron chi connectivity index (χ3n) is 4.50. The first-order chi connectivity index (χ1) is 15.0. The van der Waals surface area contributed by atoms with Gasteiger partial charge in [-0.1, -0.05) is 22.3 Å². The van der Waals surface area contributed by atoms with Gasteiger partial charge in [0.25, 0.3) is 0 Å². The van der Waals surface area contributed by atoms with Crippen LogP contribution in [0.1, 0.15) is 60.8 Å². The molecule has 10 nitrogen and oxygen atoms in total. The van der Waals surface area contributed by atoms with Gasteiger partial charge in [-0.25, -0.2) is 0 Å². The minimum Gasteiger partial charge on any atom is -0.481 e. The van der Waals surface area contributed by atoms with Crippen molar-refractivity contribution in [3.8, 4) is 0 Å². The zero-order chi connectivity index (χ0) is 25.7. The Kier molecular flexibility index (Phi) is 22.6. The summed E-state index contributed by atoms with van der Waals surface area (Å²) in [4.78, 5) is 44.0. The third kappa shape index (κ3) is 24.2. The fourth-order valence-corrected chi connectivity index (χ4v) is 17.4. The lowest BCUT2D eigenvalue weighted by Gasteiger charge is -2.38. The molecule has 2 N–H and O–H groups in total. The molecule has 0 aliphatic rings. The van der Waals surface area contributed by atoms with Crippen LogP contribution in [0.4, 0.5) is 0 Å². The van der Waals surface area contributed by atoms with Gasteiger partial charge in [-0.2, -0.15) is 0 Å². The van der Waals surface area contributed by atoms with Crippen LogP contribution in [0.3, 0.4) is 0 Å². The Hall–Kier alpha value is -1.55. The van der Waals surface area contributed by atoms with Crippen LogP contribution < -0.4 is 0 Å². The molecule has 0 unspecified atom stereocenters. The smallest absolute Gasteiger partial charge is 0.311 e. The Labute approximate surface area is 221 Å². The number of aliphatic carboxylic acids is 2. The van der Waals surface area contributed by atoms with Crippen LogP contribution in [-0.4, -0.2) is 72.5 Å². The normalized spacial score (nSPS) is 11.3. The maximum Gasteiger partial charge on any atom is 0.311 e. The number of esters is 2. The predicted molar refractivity (Wildman–Crippen MR) is 149 cm³/mol. The quantitative estimate of drug-likeness (QED) is 0.120. The van der Waals surface area contributed by atoms with Crippen LogP contribution in [0.15, 0.2) is 0 Å². The van der Waals surface area contributed by atoms with Crippen LogP contribution in [-0.2, 0) is 36.9 Å². The Morgan fingerprint density at radius 3 is 1.17 bits per heavy atom. The third-order valence-corrected chi connectivity index (χ3v) is 16.0. The molecule has 0 aliphatic heterocycles. The summed E-state index contributed by atoms with van der Waals surface area (Å²) in [7, 11) is -6.54. The van der Waals surface area contributed by atoms with Crippen molar-refractivity contribution in [3.05, 3.63) is 0 Å². The van der Waals surface area contributed by atoms with Gasteiger partial charge in [0.05, 0.1) is 38.9 Å². The van der Waals surface area contributed by atoms with E-state index in [2.05, 4.69) is 26.2 Å². The van der Waals surface area contributed by atoms with Crippen LogP contribution >= 0.6 is 0 Å². The summed E-state index contributed by atoms with van der Waals surface area (Å²) in [5.74, 6) is -3.05. The standard InChI is InChI=1S/C20H40O10Si3.3CH4/c1-31(2,15-7-13-27-19(25)11-9-17(21)22)29-33(5,6)30-32(3,4)16-8-14-28-20(26)12-10-18(23)24;;;/h7-16H2,1-6H3,(H,21,22)(H,23,24);3*1H4. The van der Waals surface area contributed by atoms with Gasteiger partial charge in [0, 0.05) is 0 Å². The van der Waals surface area contributed by atoms with E-state index in [0.29, 0.717) is 12.8 Å². The molecule has 0 amide bonds. The number of rotatable bonds is 18. The number of carbonyl (C=O) groups excluding carboxylic acids is 2. The predicted octanol–water partition coefficient (Wildman–Crippen LogP) is 5.64. The average Bonchev–Trinajstić information content (AvgIpc) is 2.63. The van der Waals surface area contributed by atoms with Crippen molar-refractivity contribution in [2.75, 3.05) is 13.2 Å². The van der Waals surface area contributed by atoms with Crippen molar-refractivity contribution in [3.63, 3.8) is 0 Å². The van der Waals surface area contributed by atoms with Gasteiger partial charge in [-0.15, -0.1) is 0 Å². The van der Waals surface area contributed by atoms with Gasteiger partial charge in [-0.05, 0) is 64.2 Å². The van der Waals surface area contributed by atoms with E-state index in [1.54, 1.807) is 0 Å². The first kappa shape index (κ1) is 41.6. The van der Waals surface area contributed by atoms with Crippen molar-refractivity contribution in [1.82, 2.24) is 0 Å². The van der Waals surface area contributed by atoms with E-state index in [1.165, 1.54) is 0 Å². The number of hydrogen-bond acceptors (Lipinski definition) is 8. The molecule has 0 rings (SSSR count). The van der Waals surface area contributed by atoms with E-state index in [0.717, 1.165) is 12.1 Å². The van der Waals surface area contributed by atoms with Crippen LogP contribution in [0.5, 0.6) is 0 Å². The summed E-state index contributed by atoms with van der Waals surface area (Å²) in [6.07, 6.45) is 0.592. The molecule has 0 aromatic rings. The van der Waals surface area contributed by atoms with Crippen molar-refractivity contribution in [2.24, 2.45) is 0 Å². The molecule has 36 heavy (non-hydrogen) atoms. The monoisotopic (exact) mass is 572 g/mol. The summed E-state index contributed by atoms with van der Waals surface area (Å²) < 4.78 is 23.1. The zero-order valence-electron chi connectivity index (χ0n) is 20.7. The lowest BCUT2D eigenvalue weighted by Crippen LogP contribution is -2.52.